The van der Waals surface area contributed by atoms with Gasteiger partial charge >= 0.3 is 0 Å². The largest absolute Gasteiger partial charge is 0.384 e. The van der Waals surface area contributed by atoms with Gasteiger partial charge in [-0.15, -0.1) is 0 Å². The molecule has 2 aliphatic heterocycles. The molecule has 1 saturated heterocycles. The molecule has 182 valence electrons. The molecule has 0 bridgehead atoms. The highest BCUT2D eigenvalue weighted by Crippen LogP contribution is 2.37. The van der Waals surface area contributed by atoms with E-state index in [1.165, 1.54) is 0 Å². The van der Waals surface area contributed by atoms with E-state index in [2.05, 4.69) is 59.3 Å². The highest BCUT2D eigenvalue weighted by atomic mass is 16.1. The molecule has 1 aromatic carbocycles. The van der Waals surface area contributed by atoms with E-state index in [4.69, 9.17) is 10.7 Å². The number of nitrogen functional groups attached to an aromatic ring is 1. The lowest BCUT2D eigenvalue weighted by Gasteiger charge is -2.32. The predicted molar refractivity (Wildman–Crippen MR) is 141 cm³/mol. The SMILES string of the molecule is CCC1=C(C#Cc2ccc(N)nc2)C(C)(c2ccc(C(=O)NC3CCCN(C)C3)c(C)c2)N=CN1. The van der Waals surface area contributed by atoms with E-state index < -0.39 is 5.54 Å². The third-order valence-electron chi connectivity index (χ3n) is 6.81. The van der Waals surface area contributed by atoms with Gasteiger partial charge in [-0.05, 0) is 76.0 Å². The number of aliphatic imine (C=N–C) groups is 1. The highest BCUT2D eigenvalue weighted by Gasteiger charge is 2.34. The number of hydrogen-bond donors (Lipinski definition) is 3. The summed E-state index contributed by atoms with van der Waals surface area (Å²) in [6, 6.07) is 9.76. The molecule has 7 nitrogen and oxygen atoms in total. The van der Waals surface area contributed by atoms with Crippen molar-refractivity contribution in [1.29, 1.82) is 0 Å². The van der Waals surface area contributed by atoms with Gasteiger partial charge < -0.3 is 21.3 Å². The summed E-state index contributed by atoms with van der Waals surface area (Å²) < 4.78 is 0. The fraction of sp³-hybridized carbons (Fsp3) is 0.393. The summed E-state index contributed by atoms with van der Waals surface area (Å²) >= 11 is 0. The van der Waals surface area contributed by atoms with Crippen molar-refractivity contribution in [3.8, 4) is 11.8 Å². The summed E-state index contributed by atoms with van der Waals surface area (Å²) in [6.45, 7) is 8.11. The fourth-order valence-corrected chi connectivity index (χ4v) is 4.75. The number of amides is 1. The van der Waals surface area contributed by atoms with Crippen molar-refractivity contribution in [2.45, 2.75) is 51.6 Å². The van der Waals surface area contributed by atoms with Crippen LogP contribution in [-0.2, 0) is 5.54 Å². The Hall–Kier alpha value is -3.63. The summed E-state index contributed by atoms with van der Waals surface area (Å²) in [5.41, 5.74) is 10.4. The van der Waals surface area contributed by atoms with Crippen LogP contribution in [0.1, 0.15) is 60.2 Å². The molecule has 0 aliphatic carbocycles. The van der Waals surface area contributed by atoms with Crippen LogP contribution < -0.4 is 16.4 Å². The zero-order valence-corrected chi connectivity index (χ0v) is 21.0. The maximum Gasteiger partial charge on any atom is 0.251 e. The predicted octanol–water partition coefficient (Wildman–Crippen LogP) is 3.36. The average molecular weight is 471 g/mol. The number of nitrogens with zero attached hydrogens (tertiary/aromatic N) is 3. The van der Waals surface area contributed by atoms with Crippen LogP contribution in [0.15, 0.2) is 52.8 Å². The molecule has 35 heavy (non-hydrogen) atoms. The van der Waals surface area contributed by atoms with Gasteiger partial charge in [0, 0.05) is 35.6 Å². The monoisotopic (exact) mass is 470 g/mol. The second-order valence-corrected chi connectivity index (χ2v) is 9.51. The number of nitrogens with two attached hydrogens (primary N) is 1. The summed E-state index contributed by atoms with van der Waals surface area (Å²) in [7, 11) is 2.10. The molecule has 0 spiro atoms. The van der Waals surface area contributed by atoms with Crippen molar-refractivity contribution in [2.75, 3.05) is 25.9 Å². The number of nitrogens with one attached hydrogen (secondary N) is 2. The molecule has 1 amide bonds. The van der Waals surface area contributed by atoms with Gasteiger partial charge in [0.1, 0.15) is 11.4 Å². The topological polar surface area (TPSA) is 95.6 Å². The van der Waals surface area contributed by atoms with Gasteiger partial charge in [0.25, 0.3) is 5.91 Å². The van der Waals surface area contributed by atoms with E-state index in [9.17, 15) is 4.79 Å². The van der Waals surface area contributed by atoms with Crippen LogP contribution in [0, 0.1) is 18.8 Å². The fourth-order valence-electron chi connectivity index (χ4n) is 4.75. The van der Waals surface area contributed by atoms with Crippen molar-refractivity contribution in [1.82, 2.24) is 20.5 Å². The van der Waals surface area contributed by atoms with Crippen molar-refractivity contribution < 1.29 is 4.79 Å². The Morgan fingerprint density at radius 1 is 1.31 bits per heavy atom. The number of allylic oxidation sites excluding steroid dienone is 1. The number of likely N-dealkylation sites (tertiary alicyclic amines) is 1. The van der Waals surface area contributed by atoms with Crippen LogP contribution in [0.25, 0.3) is 0 Å². The van der Waals surface area contributed by atoms with Gasteiger partial charge in [-0.25, -0.2) is 4.98 Å². The van der Waals surface area contributed by atoms with Crippen LogP contribution in [0.2, 0.25) is 0 Å². The third-order valence-corrected chi connectivity index (χ3v) is 6.81. The first-order valence-corrected chi connectivity index (χ1v) is 12.2. The minimum Gasteiger partial charge on any atom is -0.384 e. The number of hydrogen-bond acceptors (Lipinski definition) is 6. The Bertz CT molecular complexity index is 1220. The lowest BCUT2D eigenvalue weighted by Crippen LogP contribution is -2.46. The quantitative estimate of drug-likeness (QED) is 0.596. The van der Waals surface area contributed by atoms with Gasteiger partial charge in [0.15, 0.2) is 0 Å². The summed E-state index contributed by atoms with van der Waals surface area (Å²) in [6.07, 6.45) is 6.33. The van der Waals surface area contributed by atoms with Gasteiger partial charge in [-0.2, -0.15) is 0 Å². The lowest BCUT2D eigenvalue weighted by atomic mass is 9.81. The molecule has 4 N–H and O–H groups in total. The van der Waals surface area contributed by atoms with Crippen molar-refractivity contribution in [3.63, 3.8) is 0 Å². The first-order valence-electron chi connectivity index (χ1n) is 12.2. The van der Waals surface area contributed by atoms with Crippen LogP contribution in [0.4, 0.5) is 5.82 Å². The number of carbonyl (C=O) groups is 1. The molecule has 2 aromatic rings. The van der Waals surface area contributed by atoms with E-state index in [0.29, 0.717) is 11.4 Å². The molecule has 1 fully saturated rings. The highest BCUT2D eigenvalue weighted by molar-refractivity contribution is 5.96. The van der Waals surface area contributed by atoms with Crippen LogP contribution in [0.3, 0.4) is 0 Å². The Labute approximate surface area is 207 Å². The van der Waals surface area contributed by atoms with Crippen molar-refractivity contribution in [2.24, 2.45) is 4.99 Å². The molecule has 0 saturated carbocycles. The number of likely N-dealkylation sites (N-methyl/N-ethyl adjacent to an activating group) is 1. The molecule has 2 atom stereocenters. The zero-order valence-electron chi connectivity index (χ0n) is 21.0. The third kappa shape index (κ3) is 5.39. The standard InChI is InChI=1S/C28H34N6O/c1-5-25-24(12-8-20-9-13-26(29)30-16-20)28(3,32-18-31-25)21-10-11-23(19(2)15-21)27(35)33-22-7-6-14-34(4)17-22/h9-11,13,15-16,18,22H,5-7,14,17H2,1-4H3,(H2,29,30)(H,31,32)(H,33,35). The van der Waals surface area contributed by atoms with Crippen molar-refractivity contribution >= 4 is 18.1 Å². The number of piperidine rings is 1. The van der Waals surface area contributed by atoms with Crippen LogP contribution in [-0.4, -0.2) is 48.3 Å². The smallest absolute Gasteiger partial charge is 0.251 e. The number of pyridine rings is 1. The number of anilines is 1. The van der Waals surface area contributed by atoms with E-state index in [0.717, 1.165) is 60.3 Å². The maximum atomic E-state index is 13.0. The molecule has 3 heterocycles. The normalized spacial score (nSPS) is 22.2. The van der Waals surface area contributed by atoms with Gasteiger partial charge in [0.2, 0.25) is 0 Å². The van der Waals surface area contributed by atoms with Crippen LogP contribution in [0.5, 0.6) is 0 Å². The molecule has 1 aromatic heterocycles. The molecular formula is C28H34N6O. The Kier molecular flexibility index (Phi) is 7.23. The molecule has 7 heteroatoms. The minimum absolute atomic E-state index is 0.0195. The van der Waals surface area contributed by atoms with Gasteiger partial charge in [-0.3, -0.25) is 9.79 Å². The summed E-state index contributed by atoms with van der Waals surface area (Å²) in [4.78, 5) is 24.3. The first kappa shape index (κ1) is 24.5. The average Bonchev–Trinajstić information content (AvgIpc) is 2.84. The number of carbonyl (C=O) groups excluding carboxylic acids is 1. The molecular weight excluding hydrogens is 436 g/mol. The molecule has 2 aliphatic rings. The molecule has 4 rings (SSSR count). The van der Waals surface area contributed by atoms with Gasteiger partial charge in [-0.1, -0.05) is 30.9 Å². The van der Waals surface area contributed by atoms with Crippen LogP contribution >= 0.6 is 0 Å². The Morgan fingerprint density at radius 2 is 2.14 bits per heavy atom. The van der Waals surface area contributed by atoms with Gasteiger partial charge in [0.05, 0.1) is 11.9 Å². The molecule has 0 radical (unpaired) electrons. The number of aromatic nitrogens is 1. The minimum atomic E-state index is -0.670. The number of rotatable bonds is 4. The second-order valence-electron chi connectivity index (χ2n) is 9.51. The number of aryl methyl sites for hydroxylation is 1. The summed E-state index contributed by atoms with van der Waals surface area (Å²) in [5.74, 6) is 7.01. The van der Waals surface area contributed by atoms with E-state index in [-0.39, 0.29) is 11.9 Å². The first-order chi connectivity index (χ1) is 16.8. The molecule has 2 unspecified atom stereocenters. The van der Waals surface area contributed by atoms with E-state index in [1.807, 2.05) is 25.1 Å². The van der Waals surface area contributed by atoms with E-state index in [1.54, 1.807) is 18.6 Å². The Morgan fingerprint density at radius 3 is 2.83 bits per heavy atom. The zero-order chi connectivity index (χ0) is 25.0. The Balaban J connectivity index is 1.63. The second kappa shape index (κ2) is 10.3. The number of benzene rings is 1. The van der Waals surface area contributed by atoms with E-state index >= 15 is 0 Å². The lowest BCUT2D eigenvalue weighted by molar-refractivity contribution is 0.0912. The summed E-state index contributed by atoms with van der Waals surface area (Å²) in [5, 5.41) is 6.48. The maximum absolute atomic E-state index is 13.0. The van der Waals surface area contributed by atoms with Crippen molar-refractivity contribution in [3.05, 3.63) is 70.1 Å².